The van der Waals surface area contributed by atoms with Crippen molar-refractivity contribution in [1.82, 2.24) is 14.9 Å². The lowest BCUT2D eigenvalue weighted by atomic mass is 9.77. The minimum absolute atomic E-state index is 0.0285. The molecule has 1 aromatic heterocycles. The van der Waals surface area contributed by atoms with Crippen LogP contribution in [0.1, 0.15) is 41.8 Å². The number of nitrogens with one attached hydrogen (secondary N) is 1. The van der Waals surface area contributed by atoms with E-state index in [0.717, 1.165) is 17.4 Å². The van der Waals surface area contributed by atoms with Crippen LogP contribution in [0.5, 0.6) is 5.75 Å². The van der Waals surface area contributed by atoms with Crippen molar-refractivity contribution in [1.29, 1.82) is 5.26 Å². The maximum Gasteiger partial charge on any atom is 0.272 e. The summed E-state index contributed by atoms with van der Waals surface area (Å²) in [6.45, 7) is 4.04. The molecule has 8 nitrogen and oxygen atoms in total. The summed E-state index contributed by atoms with van der Waals surface area (Å²) in [5.74, 6) is -2.07. The van der Waals surface area contributed by atoms with Crippen LogP contribution in [0.15, 0.2) is 48.7 Å². The van der Waals surface area contributed by atoms with Gasteiger partial charge in [0.1, 0.15) is 12.4 Å². The number of likely N-dealkylation sites (tertiary alicyclic amines) is 1. The van der Waals surface area contributed by atoms with Gasteiger partial charge in [-0.25, -0.2) is 27.2 Å². The summed E-state index contributed by atoms with van der Waals surface area (Å²) in [4.78, 5) is 9.67. The van der Waals surface area contributed by atoms with Gasteiger partial charge in [-0.3, -0.25) is 9.62 Å². The number of sulfonamides is 1. The number of benzene rings is 2. The SMILES string of the molecule is CC(C)(c1ccc(OCc2ccnc(NS(C)(=O)=O)n2)cc1)c1cc(Cl)c(CCN2CC(F)(F)C2)c(C#N)c1. The first-order valence-electron chi connectivity index (χ1n) is 12.1. The molecule has 0 bridgehead atoms. The van der Waals surface area contributed by atoms with Crippen molar-refractivity contribution < 1.29 is 21.9 Å². The van der Waals surface area contributed by atoms with Crippen LogP contribution in [0.2, 0.25) is 5.02 Å². The molecule has 4 rings (SSSR count). The van der Waals surface area contributed by atoms with Gasteiger partial charge >= 0.3 is 0 Å². The fourth-order valence-corrected chi connectivity index (χ4v) is 5.11. The fraction of sp³-hybridized carbons (Fsp3) is 0.370. The first kappa shape index (κ1) is 28.7. The molecule has 3 aromatic rings. The lowest BCUT2D eigenvalue weighted by molar-refractivity contribution is -0.129. The van der Waals surface area contributed by atoms with Gasteiger partial charge in [0, 0.05) is 23.2 Å². The van der Waals surface area contributed by atoms with Crippen LogP contribution in [-0.4, -0.2) is 55.1 Å². The largest absolute Gasteiger partial charge is 0.487 e. The predicted octanol–water partition coefficient (Wildman–Crippen LogP) is 4.77. The summed E-state index contributed by atoms with van der Waals surface area (Å²) in [6, 6.07) is 15.0. The average molecular weight is 576 g/mol. The van der Waals surface area contributed by atoms with E-state index in [1.165, 1.54) is 6.20 Å². The van der Waals surface area contributed by atoms with Crippen LogP contribution >= 0.6 is 11.6 Å². The standard InChI is InChI=1S/C27H28ClF2N5O3S/c1-26(2,20-12-18(14-31)23(24(28)13-20)9-11-35-16-27(29,30)17-35)19-4-6-22(7-5-19)38-15-21-8-10-32-25(33-21)34-39(3,36)37/h4-8,10,12-13H,9,11,15-17H2,1-3H3,(H,32,33,34). The van der Waals surface area contributed by atoms with E-state index in [1.54, 1.807) is 11.0 Å². The second-order valence-corrected chi connectivity index (χ2v) is 12.3. The smallest absolute Gasteiger partial charge is 0.272 e. The summed E-state index contributed by atoms with van der Waals surface area (Å²) < 4.78 is 57.1. The zero-order chi connectivity index (χ0) is 28.4. The van der Waals surface area contributed by atoms with E-state index in [0.29, 0.717) is 40.6 Å². The number of nitriles is 1. The maximum atomic E-state index is 13.1. The monoisotopic (exact) mass is 575 g/mol. The highest BCUT2D eigenvalue weighted by atomic mass is 35.5. The zero-order valence-electron chi connectivity index (χ0n) is 21.7. The van der Waals surface area contributed by atoms with Crippen molar-refractivity contribution in [3.05, 3.63) is 81.6 Å². The van der Waals surface area contributed by atoms with Gasteiger partial charge in [0.15, 0.2) is 0 Å². The van der Waals surface area contributed by atoms with Gasteiger partial charge in [-0.1, -0.05) is 37.6 Å². The van der Waals surface area contributed by atoms with Crippen molar-refractivity contribution in [3.63, 3.8) is 0 Å². The van der Waals surface area contributed by atoms with Gasteiger partial charge < -0.3 is 4.74 Å². The first-order chi connectivity index (χ1) is 18.3. The van der Waals surface area contributed by atoms with Gasteiger partial charge in [-0.15, -0.1) is 0 Å². The molecule has 1 fully saturated rings. The second kappa shape index (κ2) is 11.0. The molecule has 39 heavy (non-hydrogen) atoms. The highest BCUT2D eigenvalue weighted by Crippen LogP contribution is 2.36. The Kier molecular flexibility index (Phi) is 8.12. The summed E-state index contributed by atoms with van der Waals surface area (Å²) in [6.07, 6.45) is 2.88. The van der Waals surface area contributed by atoms with Gasteiger partial charge in [0.25, 0.3) is 5.92 Å². The molecule has 12 heteroatoms. The molecule has 0 radical (unpaired) electrons. The van der Waals surface area contributed by atoms with E-state index in [4.69, 9.17) is 16.3 Å². The molecular formula is C27H28ClF2N5O3S. The van der Waals surface area contributed by atoms with Crippen molar-refractivity contribution in [2.24, 2.45) is 0 Å². The Hall–Kier alpha value is -3.33. The highest BCUT2D eigenvalue weighted by Gasteiger charge is 2.43. The zero-order valence-corrected chi connectivity index (χ0v) is 23.3. The molecule has 0 spiro atoms. The minimum Gasteiger partial charge on any atom is -0.487 e. The van der Waals surface area contributed by atoms with Crippen LogP contribution < -0.4 is 9.46 Å². The minimum atomic E-state index is -3.49. The third-order valence-corrected chi connectivity index (χ3v) is 7.47. The quantitative estimate of drug-likeness (QED) is 0.371. The summed E-state index contributed by atoms with van der Waals surface area (Å²) in [5.41, 5.74) is 2.92. The predicted molar refractivity (Wildman–Crippen MR) is 145 cm³/mol. The first-order valence-corrected chi connectivity index (χ1v) is 14.4. The summed E-state index contributed by atoms with van der Waals surface area (Å²) in [7, 11) is -3.49. The van der Waals surface area contributed by atoms with Crippen molar-refractivity contribution >= 4 is 27.6 Å². The Morgan fingerprint density at radius 3 is 2.49 bits per heavy atom. The van der Waals surface area contributed by atoms with Gasteiger partial charge in [0.05, 0.1) is 36.7 Å². The number of hydrogen-bond donors (Lipinski definition) is 1. The van der Waals surface area contributed by atoms with Crippen LogP contribution in [0.3, 0.4) is 0 Å². The molecule has 0 saturated carbocycles. The lowest BCUT2D eigenvalue weighted by Gasteiger charge is -2.38. The van der Waals surface area contributed by atoms with Crippen LogP contribution in [0.25, 0.3) is 0 Å². The van der Waals surface area contributed by atoms with Crippen molar-refractivity contribution in [3.8, 4) is 11.8 Å². The number of alkyl halides is 2. The number of aromatic nitrogens is 2. The van der Waals surface area contributed by atoms with Crippen LogP contribution in [-0.2, 0) is 28.5 Å². The third-order valence-electron chi connectivity index (χ3n) is 6.58. The lowest BCUT2D eigenvalue weighted by Crippen LogP contribution is -2.56. The van der Waals surface area contributed by atoms with E-state index in [2.05, 4.69) is 20.8 Å². The normalized spacial score (nSPS) is 15.3. The molecule has 1 aliphatic rings. The molecule has 1 saturated heterocycles. The molecule has 2 aromatic carbocycles. The molecule has 1 N–H and O–H groups in total. The fourth-order valence-electron chi connectivity index (χ4n) is 4.37. The van der Waals surface area contributed by atoms with E-state index >= 15 is 0 Å². The van der Waals surface area contributed by atoms with E-state index < -0.39 is 21.4 Å². The Morgan fingerprint density at radius 2 is 1.87 bits per heavy atom. The topological polar surface area (TPSA) is 108 Å². The molecule has 0 unspecified atom stereocenters. The Balaban J connectivity index is 1.44. The number of hydrogen-bond acceptors (Lipinski definition) is 7. The van der Waals surface area contributed by atoms with Gasteiger partial charge in [0.2, 0.25) is 16.0 Å². The molecule has 1 aliphatic heterocycles. The Bertz CT molecular complexity index is 1500. The second-order valence-electron chi connectivity index (χ2n) is 10.1. The molecule has 0 atom stereocenters. The number of anilines is 1. The average Bonchev–Trinajstić information content (AvgIpc) is 2.84. The van der Waals surface area contributed by atoms with Crippen molar-refractivity contribution in [2.75, 3.05) is 30.6 Å². The van der Waals surface area contributed by atoms with E-state index in [9.17, 15) is 22.5 Å². The van der Waals surface area contributed by atoms with Crippen molar-refractivity contribution in [2.45, 2.75) is 38.2 Å². The summed E-state index contributed by atoms with van der Waals surface area (Å²) in [5, 5.41) is 10.2. The summed E-state index contributed by atoms with van der Waals surface area (Å²) >= 11 is 6.59. The van der Waals surface area contributed by atoms with Gasteiger partial charge in [-0.05, 0) is 53.4 Å². The molecule has 2 heterocycles. The molecule has 0 aliphatic carbocycles. The Morgan fingerprint density at radius 1 is 1.18 bits per heavy atom. The molecule has 0 amide bonds. The third kappa shape index (κ3) is 7.20. The maximum absolute atomic E-state index is 13.1. The Labute approximate surface area is 231 Å². The highest BCUT2D eigenvalue weighted by molar-refractivity contribution is 7.91. The number of ether oxygens (including phenoxy) is 1. The number of rotatable bonds is 10. The molecular weight excluding hydrogens is 548 g/mol. The van der Waals surface area contributed by atoms with Crippen LogP contribution in [0.4, 0.5) is 14.7 Å². The molecule has 206 valence electrons. The number of halogens is 3. The van der Waals surface area contributed by atoms with Gasteiger partial charge in [-0.2, -0.15) is 5.26 Å². The number of nitrogens with zero attached hydrogens (tertiary/aromatic N) is 4. The van der Waals surface area contributed by atoms with Crippen LogP contribution in [0, 0.1) is 11.3 Å². The van der Waals surface area contributed by atoms with E-state index in [1.807, 2.05) is 50.2 Å². The van der Waals surface area contributed by atoms with E-state index in [-0.39, 0.29) is 25.6 Å².